The number of allylic oxidation sites excluding steroid dienone is 3. The first-order valence-corrected chi connectivity index (χ1v) is 7.32. The maximum Gasteiger partial charge on any atom is 0.181 e. The summed E-state index contributed by atoms with van der Waals surface area (Å²) in [6, 6.07) is 13.9. The summed E-state index contributed by atoms with van der Waals surface area (Å²) < 4.78 is 0. The predicted octanol–water partition coefficient (Wildman–Crippen LogP) is 4.24. The topological polar surface area (TPSA) is 35.8 Å². The summed E-state index contributed by atoms with van der Waals surface area (Å²) in [5.41, 5.74) is 2.79. The van der Waals surface area contributed by atoms with Crippen LogP contribution in [0.15, 0.2) is 60.0 Å². The molecule has 0 aliphatic rings. The zero-order valence-corrected chi connectivity index (χ0v) is 12.2. The summed E-state index contributed by atoms with van der Waals surface area (Å²) in [5, 5.41) is 15.2. The largest absolute Gasteiger partial charge is 0.291 e. The first-order valence-electron chi connectivity index (χ1n) is 5.96. The van der Waals surface area contributed by atoms with Crippen LogP contribution in [-0.4, -0.2) is 5.37 Å². The number of hydrogen-bond donors (Lipinski definition) is 1. The van der Waals surface area contributed by atoms with Crippen LogP contribution in [0, 0.1) is 11.5 Å². The van der Waals surface area contributed by atoms with E-state index in [9.17, 15) is 0 Å². The lowest BCUT2D eigenvalue weighted by Crippen LogP contribution is -2.02. The minimum absolute atomic E-state index is 0.773. The fourth-order valence-corrected chi connectivity index (χ4v) is 2.59. The van der Waals surface area contributed by atoms with E-state index in [0.717, 1.165) is 21.7 Å². The minimum Gasteiger partial charge on any atom is -0.291 e. The Hall–Kier alpha value is -2.22. The average Bonchev–Trinajstić information content (AvgIpc) is 3.01. The molecule has 0 unspecified atom stereocenters. The van der Waals surface area contributed by atoms with Gasteiger partial charge in [0.05, 0.1) is 10.6 Å². The Morgan fingerprint density at radius 1 is 1.20 bits per heavy atom. The Balaban J connectivity index is 2.44. The molecular weight excluding hydrogens is 284 g/mol. The number of nitrogens with zero attached hydrogens (tertiary/aromatic N) is 1. The molecule has 0 aliphatic carbocycles. The highest BCUT2D eigenvalue weighted by molar-refractivity contribution is 7.79. The fourth-order valence-electron chi connectivity index (χ4n) is 1.75. The number of thiophene rings is 1. The summed E-state index contributed by atoms with van der Waals surface area (Å²) in [7, 11) is 0. The van der Waals surface area contributed by atoms with E-state index in [-0.39, 0.29) is 0 Å². The number of benzene rings is 1. The Morgan fingerprint density at radius 3 is 2.60 bits per heavy atom. The van der Waals surface area contributed by atoms with Crippen molar-refractivity contribution in [1.29, 1.82) is 5.26 Å². The highest BCUT2D eigenvalue weighted by Crippen LogP contribution is 2.23. The van der Waals surface area contributed by atoms with E-state index in [1.807, 2.05) is 66.2 Å². The maximum atomic E-state index is 8.90. The van der Waals surface area contributed by atoms with Crippen molar-refractivity contribution in [2.75, 3.05) is 0 Å². The van der Waals surface area contributed by atoms with E-state index in [1.165, 1.54) is 0 Å². The zero-order valence-electron chi connectivity index (χ0n) is 10.6. The van der Waals surface area contributed by atoms with Gasteiger partial charge in [-0.15, -0.1) is 11.3 Å². The molecule has 0 spiro atoms. The third-order valence-corrected chi connectivity index (χ3v) is 3.67. The van der Waals surface area contributed by atoms with E-state index >= 15 is 0 Å². The van der Waals surface area contributed by atoms with Crippen molar-refractivity contribution in [1.82, 2.24) is 5.32 Å². The Labute approximate surface area is 127 Å². The lowest BCUT2D eigenvalue weighted by atomic mass is 10.0. The highest BCUT2D eigenvalue weighted by atomic mass is 32.1. The number of nitriles is 1. The molecule has 2 aromatic rings. The van der Waals surface area contributed by atoms with Crippen molar-refractivity contribution in [2.45, 2.75) is 0 Å². The number of hydrogen-bond acceptors (Lipinski definition) is 4. The Morgan fingerprint density at radius 2 is 2.00 bits per heavy atom. The number of nitrogens with one attached hydrogen (secondary N) is 1. The highest BCUT2D eigenvalue weighted by Gasteiger charge is 2.04. The van der Waals surface area contributed by atoms with Gasteiger partial charge in [0.25, 0.3) is 0 Å². The van der Waals surface area contributed by atoms with E-state index < -0.39 is 0 Å². The third kappa shape index (κ3) is 3.64. The van der Waals surface area contributed by atoms with Crippen molar-refractivity contribution in [3.63, 3.8) is 0 Å². The van der Waals surface area contributed by atoms with Crippen molar-refractivity contribution >= 4 is 40.2 Å². The monoisotopic (exact) mass is 296 g/mol. The quantitative estimate of drug-likeness (QED) is 0.295. The van der Waals surface area contributed by atoms with Crippen LogP contribution in [0.2, 0.25) is 0 Å². The van der Waals surface area contributed by atoms with Crippen molar-refractivity contribution in [3.05, 3.63) is 70.4 Å². The molecule has 4 heteroatoms. The van der Waals surface area contributed by atoms with Crippen LogP contribution >= 0.6 is 23.6 Å². The van der Waals surface area contributed by atoms with Gasteiger partial charge in [-0.3, -0.25) is 5.32 Å². The van der Waals surface area contributed by atoms with Crippen LogP contribution in [-0.2, 0) is 0 Å². The van der Waals surface area contributed by atoms with E-state index in [4.69, 9.17) is 17.5 Å². The van der Waals surface area contributed by atoms with Gasteiger partial charge in [0.1, 0.15) is 0 Å². The molecule has 0 saturated carbocycles. The van der Waals surface area contributed by atoms with Gasteiger partial charge in [0, 0.05) is 5.37 Å². The maximum absolute atomic E-state index is 8.90. The molecule has 2 nitrogen and oxygen atoms in total. The molecule has 0 atom stereocenters. The lowest BCUT2D eigenvalue weighted by Gasteiger charge is -2.06. The van der Waals surface area contributed by atoms with Crippen LogP contribution in [0.3, 0.4) is 0 Å². The van der Waals surface area contributed by atoms with Gasteiger partial charge in [-0.05, 0) is 34.7 Å². The standard InChI is InChI=1S/C16H12N2S2/c17-12-18-15(16-7-4-10-20-16)11-14(8-9-19)13-5-2-1-3-6-13/h1-11,18H/b14-8+,15-11-. The van der Waals surface area contributed by atoms with Gasteiger partial charge in [-0.1, -0.05) is 48.6 Å². The SMILES string of the molecule is N#CN/C(=C\C(=C/C=S)c1ccccc1)c1cccs1. The molecule has 0 bridgehead atoms. The molecule has 0 saturated heterocycles. The molecular formula is C16H12N2S2. The molecule has 98 valence electrons. The van der Waals surface area contributed by atoms with E-state index in [2.05, 4.69) is 5.32 Å². The lowest BCUT2D eigenvalue weighted by molar-refractivity contribution is 1.23. The van der Waals surface area contributed by atoms with Gasteiger partial charge >= 0.3 is 0 Å². The van der Waals surface area contributed by atoms with Crippen LogP contribution in [0.5, 0.6) is 0 Å². The molecule has 0 amide bonds. The zero-order chi connectivity index (χ0) is 14.2. The van der Waals surface area contributed by atoms with Gasteiger partial charge in [0.15, 0.2) is 6.19 Å². The fraction of sp³-hybridized carbons (Fsp3) is 0. The smallest absolute Gasteiger partial charge is 0.181 e. The second-order valence-electron chi connectivity index (χ2n) is 3.90. The molecule has 0 aliphatic heterocycles. The number of thiocarbonyl (C=S) groups is 1. The Bertz CT molecular complexity index is 662. The van der Waals surface area contributed by atoms with Gasteiger partial charge in [-0.2, -0.15) is 5.26 Å². The minimum atomic E-state index is 0.773. The predicted molar refractivity (Wildman–Crippen MR) is 89.1 cm³/mol. The summed E-state index contributed by atoms with van der Waals surface area (Å²) in [5.74, 6) is 0. The molecule has 0 fully saturated rings. The average molecular weight is 296 g/mol. The summed E-state index contributed by atoms with van der Waals surface area (Å²) in [6.45, 7) is 0. The first-order chi connectivity index (χ1) is 9.85. The van der Waals surface area contributed by atoms with Gasteiger partial charge in [-0.25, -0.2) is 0 Å². The van der Waals surface area contributed by atoms with Crippen LogP contribution < -0.4 is 5.32 Å². The summed E-state index contributed by atoms with van der Waals surface area (Å²) in [4.78, 5) is 1.01. The normalized spacial score (nSPS) is 11.8. The molecule has 0 radical (unpaired) electrons. The van der Waals surface area contributed by atoms with Crippen molar-refractivity contribution < 1.29 is 0 Å². The molecule has 1 heterocycles. The van der Waals surface area contributed by atoms with Gasteiger partial charge in [0.2, 0.25) is 0 Å². The molecule has 1 aromatic carbocycles. The second-order valence-corrected chi connectivity index (χ2v) is 5.12. The second kappa shape index (κ2) is 7.39. The van der Waals surface area contributed by atoms with Crippen molar-refractivity contribution in [2.24, 2.45) is 0 Å². The van der Waals surface area contributed by atoms with Gasteiger partial charge < -0.3 is 0 Å². The summed E-state index contributed by atoms with van der Waals surface area (Å²) in [6.07, 6.45) is 5.78. The molecule has 1 N–H and O–H groups in total. The van der Waals surface area contributed by atoms with Crippen molar-refractivity contribution in [3.8, 4) is 6.19 Å². The van der Waals surface area contributed by atoms with Crippen LogP contribution in [0.4, 0.5) is 0 Å². The van der Waals surface area contributed by atoms with Crippen LogP contribution in [0.25, 0.3) is 11.3 Å². The Kier molecular flexibility index (Phi) is 5.24. The molecule has 20 heavy (non-hydrogen) atoms. The van der Waals surface area contributed by atoms with Crippen LogP contribution in [0.1, 0.15) is 10.4 Å². The third-order valence-electron chi connectivity index (χ3n) is 2.63. The first kappa shape index (κ1) is 14.2. The molecule has 2 rings (SSSR count). The summed E-state index contributed by atoms with van der Waals surface area (Å²) >= 11 is 6.51. The van der Waals surface area contributed by atoms with E-state index in [0.29, 0.717) is 0 Å². The molecule has 1 aromatic heterocycles. The van der Waals surface area contributed by atoms with E-state index in [1.54, 1.807) is 16.7 Å². The number of rotatable bonds is 5.